The molecule has 1 aromatic heterocycles. The smallest absolute Gasteiger partial charge is 0.130 e. The van der Waals surface area contributed by atoms with Gasteiger partial charge in [0.05, 0.1) is 6.26 Å². The molecule has 0 amide bonds. The third-order valence-electron chi connectivity index (χ3n) is 5.73. The van der Waals surface area contributed by atoms with Crippen LogP contribution in [-0.2, 0) is 30.9 Å². The molecule has 1 aliphatic rings. The zero-order valence-corrected chi connectivity index (χ0v) is 17.8. The van der Waals surface area contributed by atoms with Gasteiger partial charge in [-0.15, -0.1) is 0 Å². The molecule has 0 fully saturated rings. The van der Waals surface area contributed by atoms with Gasteiger partial charge in [-0.1, -0.05) is 43.3 Å². The number of ketones is 1. The second-order valence-corrected chi connectivity index (χ2v) is 8.31. The first-order valence-corrected chi connectivity index (χ1v) is 10.6. The Morgan fingerprint density at radius 3 is 2.73 bits per heavy atom. The number of rotatable bonds is 8. The number of benzene rings is 2. The number of ether oxygens (including phenoxy) is 1. The van der Waals surface area contributed by atoms with Crippen LogP contribution in [0.1, 0.15) is 54.2 Å². The quantitative estimate of drug-likeness (QED) is 0.498. The Labute approximate surface area is 178 Å². The number of carbonyl (C=O) groups excluding carboxylic acids is 1. The zero-order valence-electron chi connectivity index (χ0n) is 17.8. The van der Waals surface area contributed by atoms with Crippen molar-refractivity contribution in [1.82, 2.24) is 4.90 Å². The van der Waals surface area contributed by atoms with E-state index >= 15 is 0 Å². The van der Waals surface area contributed by atoms with Crippen LogP contribution in [0.25, 0.3) is 0 Å². The van der Waals surface area contributed by atoms with Crippen molar-refractivity contribution in [3.05, 3.63) is 88.9 Å². The van der Waals surface area contributed by atoms with Crippen molar-refractivity contribution in [3.63, 3.8) is 0 Å². The van der Waals surface area contributed by atoms with Gasteiger partial charge in [-0.2, -0.15) is 0 Å². The summed E-state index contributed by atoms with van der Waals surface area (Å²) in [6.07, 6.45) is 3.35. The molecular formula is C26H29NO3. The van der Waals surface area contributed by atoms with E-state index in [1.807, 2.05) is 12.1 Å². The van der Waals surface area contributed by atoms with Gasteiger partial charge in [0.1, 0.15) is 23.9 Å². The van der Waals surface area contributed by atoms with Crippen molar-refractivity contribution >= 4 is 5.78 Å². The van der Waals surface area contributed by atoms with Crippen LogP contribution in [0.15, 0.2) is 65.3 Å². The van der Waals surface area contributed by atoms with Crippen molar-refractivity contribution in [2.45, 2.75) is 52.3 Å². The van der Waals surface area contributed by atoms with Crippen LogP contribution >= 0.6 is 0 Å². The molecule has 0 aliphatic carbocycles. The third-order valence-corrected chi connectivity index (χ3v) is 5.73. The maximum Gasteiger partial charge on any atom is 0.130 e. The average molecular weight is 404 g/mol. The highest BCUT2D eigenvalue weighted by atomic mass is 16.5. The van der Waals surface area contributed by atoms with Crippen LogP contribution in [0, 0.1) is 0 Å². The minimum absolute atomic E-state index is 0.220. The molecule has 3 aromatic rings. The van der Waals surface area contributed by atoms with Gasteiger partial charge in [-0.3, -0.25) is 4.90 Å². The molecule has 4 heteroatoms. The highest BCUT2D eigenvalue weighted by molar-refractivity contribution is 5.76. The number of hydrogen-bond donors (Lipinski definition) is 0. The van der Waals surface area contributed by atoms with Gasteiger partial charge >= 0.3 is 0 Å². The van der Waals surface area contributed by atoms with Crippen LogP contribution in [0.4, 0.5) is 0 Å². The molecule has 2 aromatic carbocycles. The summed E-state index contributed by atoms with van der Waals surface area (Å²) in [5.74, 6) is 2.44. The lowest BCUT2D eigenvalue weighted by Crippen LogP contribution is -2.29. The summed E-state index contributed by atoms with van der Waals surface area (Å²) in [6.45, 7) is 7.17. The predicted molar refractivity (Wildman–Crippen MR) is 117 cm³/mol. The van der Waals surface area contributed by atoms with Crippen molar-refractivity contribution in [2.24, 2.45) is 0 Å². The van der Waals surface area contributed by atoms with Gasteiger partial charge in [0.15, 0.2) is 0 Å². The predicted octanol–water partition coefficient (Wildman–Crippen LogP) is 5.50. The van der Waals surface area contributed by atoms with E-state index in [9.17, 15) is 4.79 Å². The van der Waals surface area contributed by atoms with Crippen LogP contribution in [0.2, 0.25) is 0 Å². The van der Waals surface area contributed by atoms with Crippen molar-refractivity contribution in [3.8, 4) is 5.75 Å². The molecule has 2 heterocycles. The topological polar surface area (TPSA) is 42.7 Å². The molecule has 4 rings (SSSR count). The molecule has 1 unspecified atom stereocenters. The Hall–Kier alpha value is -2.85. The second kappa shape index (κ2) is 9.31. The van der Waals surface area contributed by atoms with E-state index in [0.717, 1.165) is 37.6 Å². The number of nitrogens with zero attached hydrogens (tertiary/aromatic N) is 1. The molecule has 0 spiro atoms. The normalized spacial score (nSPS) is 14.9. The molecule has 0 saturated heterocycles. The van der Waals surface area contributed by atoms with E-state index < -0.39 is 0 Å². The highest BCUT2D eigenvalue weighted by Gasteiger charge is 2.18. The number of Topliss-reactive ketones (excluding diaryl/α,β-unsaturated/α-hetero) is 1. The van der Waals surface area contributed by atoms with Gasteiger partial charge in [0, 0.05) is 38.0 Å². The van der Waals surface area contributed by atoms with Crippen molar-refractivity contribution < 1.29 is 13.9 Å². The first-order chi connectivity index (χ1) is 14.6. The first-order valence-electron chi connectivity index (χ1n) is 10.6. The maximum absolute atomic E-state index is 11.3. The van der Waals surface area contributed by atoms with Gasteiger partial charge in [-0.25, -0.2) is 0 Å². The third kappa shape index (κ3) is 5.19. The van der Waals surface area contributed by atoms with E-state index in [-0.39, 0.29) is 11.7 Å². The average Bonchev–Trinajstić information content (AvgIpc) is 3.20. The molecule has 0 bridgehead atoms. The van der Waals surface area contributed by atoms with Crippen LogP contribution in [0.3, 0.4) is 0 Å². The molecule has 0 radical (unpaired) electrons. The van der Waals surface area contributed by atoms with E-state index in [1.54, 1.807) is 13.2 Å². The zero-order chi connectivity index (χ0) is 20.9. The first kappa shape index (κ1) is 20.4. The van der Waals surface area contributed by atoms with Gasteiger partial charge in [0.25, 0.3) is 0 Å². The lowest BCUT2D eigenvalue weighted by molar-refractivity contribution is -0.117. The number of hydrogen-bond acceptors (Lipinski definition) is 4. The summed E-state index contributed by atoms with van der Waals surface area (Å²) in [7, 11) is 0. The van der Waals surface area contributed by atoms with Gasteiger partial charge in [0.2, 0.25) is 0 Å². The molecule has 4 nitrogen and oxygen atoms in total. The molecule has 1 atom stereocenters. The monoisotopic (exact) mass is 403 g/mol. The highest BCUT2D eigenvalue weighted by Crippen LogP contribution is 2.24. The van der Waals surface area contributed by atoms with Crippen LogP contribution < -0.4 is 4.74 Å². The molecule has 30 heavy (non-hydrogen) atoms. The fourth-order valence-electron chi connectivity index (χ4n) is 4.13. The number of fused-ring (bicyclic) bond motifs is 1. The largest absolute Gasteiger partial charge is 0.489 e. The summed E-state index contributed by atoms with van der Waals surface area (Å²) >= 11 is 0. The Bertz CT molecular complexity index is 990. The summed E-state index contributed by atoms with van der Waals surface area (Å²) in [4.78, 5) is 13.8. The Morgan fingerprint density at radius 1 is 1.13 bits per heavy atom. The Morgan fingerprint density at radius 2 is 1.93 bits per heavy atom. The molecular weight excluding hydrogens is 374 g/mol. The standard InChI is InChI=1S/C26H29NO3/c1-19(14-20(2)28)23-6-8-25(9-7-23)30-18-22-5-3-4-21(15-22)16-27-12-10-26-24(17-27)11-13-29-26/h3-9,11,13,15,19H,10,12,14,16-18H2,1-2H3. The fraction of sp³-hybridized carbons (Fsp3) is 0.346. The second-order valence-electron chi connectivity index (χ2n) is 8.31. The fourth-order valence-corrected chi connectivity index (χ4v) is 4.13. The van der Waals surface area contributed by atoms with E-state index in [1.165, 1.54) is 22.3 Å². The van der Waals surface area contributed by atoms with E-state index in [0.29, 0.717) is 13.0 Å². The molecule has 156 valence electrons. The van der Waals surface area contributed by atoms with Crippen molar-refractivity contribution in [1.29, 1.82) is 0 Å². The molecule has 1 aliphatic heterocycles. The van der Waals surface area contributed by atoms with Crippen LogP contribution in [-0.4, -0.2) is 17.2 Å². The Kier molecular flexibility index (Phi) is 6.34. The van der Waals surface area contributed by atoms with E-state index in [4.69, 9.17) is 9.15 Å². The maximum atomic E-state index is 11.3. The van der Waals surface area contributed by atoms with Gasteiger partial charge < -0.3 is 13.9 Å². The summed E-state index contributed by atoms with van der Waals surface area (Å²) in [5.41, 5.74) is 4.95. The Balaban J connectivity index is 1.32. The summed E-state index contributed by atoms with van der Waals surface area (Å²) in [5, 5.41) is 0. The minimum Gasteiger partial charge on any atom is -0.489 e. The van der Waals surface area contributed by atoms with E-state index in [2.05, 4.69) is 54.3 Å². The minimum atomic E-state index is 0.220. The van der Waals surface area contributed by atoms with Gasteiger partial charge in [-0.05, 0) is 47.7 Å². The SMILES string of the molecule is CC(=O)CC(C)c1ccc(OCc2cccc(CN3CCc4occc4C3)c2)cc1. The molecule has 0 N–H and O–H groups in total. The lowest BCUT2D eigenvalue weighted by Gasteiger charge is -2.26. The van der Waals surface area contributed by atoms with Crippen LogP contribution in [0.5, 0.6) is 5.75 Å². The summed E-state index contributed by atoms with van der Waals surface area (Å²) in [6, 6.07) is 18.8. The number of furan rings is 1. The van der Waals surface area contributed by atoms with Crippen molar-refractivity contribution in [2.75, 3.05) is 6.54 Å². The number of carbonyl (C=O) groups is 1. The summed E-state index contributed by atoms with van der Waals surface area (Å²) < 4.78 is 11.5. The lowest BCUT2D eigenvalue weighted by atomic mass is 9.96. The molecule has 0 saturated carbocycles.